The number of hydrogen-bond acceptors (Lipinski definition) is 3. The van der Waals surface area contributed by atoms with Crippen LogP contribution in [0.15, 0.2) is 35.5 Å². The van der Waals surface area contributed by atoms with Gasteiger partial charge in [0.05, 0.1) is 12.3 Å². The molecule has 1 aliphatic heterocycles. The van der Waals surface area contributed by atoms with Crippen LogP contribution in [0, 0.1) is 0 Å². The predicted molar refractivity (Wildman–Crippen MR) is 58.8 cm³/mol. The molecule has 0 saturated heterocycles. The zero-order valence-corrected chi connectivity index (χ0v) is 8.81. The van der Waals surface area contributed by atoms with Crippen LogP contribution in [0.5, 0.6) is 0 Å². The molecule has 0 fully saturated rings. The summed E-state index contributed by atoms with van der Waals surface area (Å²) in [7, 11) is 0. The number of aliphatic hydroxyl groups is 1. The molecule has 0 radical (unpaired) electrons. The molecule has 0 spiro atoms. The molecule has 3 nitrogen and oxygen atoms in total. The van der Waals surface area contributed by atoms with Crippen LogP contribution in [-0.2, 0) is 4.84 Å². The summed E-state index contributed by atoms with van der Waals surface area (Å²) in [4.78, 5) is 5.34. The van der Waals surface area contributed by atoms with Gasteiger partial charge in [-0.3, -0.25) is 0 Å². The Morgan fingerprint density at radius 3 is 2.67 bits per heavy atom. The Kier molecular flexibility index (Phi) is 2.73. The smallest absolute Gasteiger partial charge is 0.165 e. The topological polar surface area (TPSA) is 41.8 Å². The fourth-order valence-electron chi connectivity index (χ4n) is 1.69. The first-order valence-electron chi connectivity index (χ1n) is 5.21. The third-order valence-electron chi connectivity index (χ3n) is 2.88. The first-order chi connectivity index (χ1) is 7.29. The summed E-state index contributed by atoms with van der Waals surface area (Å²) in [5.41, 5.74) is 1.50. The first kappa shape index (κ1) is 10.2. The van der Waals surface area contributed by atoms with Crippen molar-refractivity contribution in [3.05, 3.63) is 35.9 Å². The minimum Gasteiger partial charge on any atom is -0.392 e. The van der Waals surface area contributed by atoms with E-state index in [0.29, 0.717) is 6.42 Å². The Morgan fingerprint density at radius 1 is 1.40 bits per heavy atom. The fraction of sp³-hybridized carbons (Fsp3) is 0.417. The normalized spacial score (nSPS) is 24.8. The zero-order chi connectivity index (χ0) is 10.7. The number of oxime groups is 1. The van der Waals surface area contributed by atoms with Crippen LogP contribution >= 0.6 is 0 Å². The van der Waals surface area contributed by atoms with Gasteiger partial charge in [0.2, 0.25) is 0 Å². The molecule has 1 atom stereocenters. The largest absolute Gasteiger partial charge is 0.392 e. The summed E-state index contributed by atoms with van der Waals surface area (Å²) in [6.45, 7) is 2.02. The lowest BCUT2D eigenvalue weighted by Gasteiger charge is -2.21. The maximum absolute atomic E-state index is 9.28. The molecular formula is C12H15NO2. The van der Waals surface area contributed by atoms with Gasteiger partial charge in [-0.2, -0.15) is 0 Å². The fourth-order valence-corrected chi connectivity index (χ4v) is 1.69. The molecule has 80 valence electrons. The molecule has 1 heterocycles. The molecule has 15 heavy (non-hydrogen) atoms. The monoisotopic (exact) mass is 205 g/mol. The van der Waals surface area contributed by atoms with E-state index < -0.39 is 5.60 Å². The Labute approximate surface area is 89.4 Å². The summed E-state index contributed by atoms with van der Waals surface area (Å²) in [5.74, 6) is 0. The van der Waals surface area contributed by atoms with E-state index in [9.17, 15) is 5.11 Å². The van der Waals surface area contributed by atoms with Crippen molar-refractivity contribution in [2.75, 3.05) is 6.61 Å². The Balaban J connectivity index is 2.16. The highest BCUT2D eigenvalue weighted by Gasteiger charge is 2.37. The molecule has 0 amide bonds. The molecule has 0 bridgehead atoms. The summed E-state index contributed by atoms with van der Waals surface area (Å²) < 4.78 is 0. The maximum atomic E-state index is 9.28. The van der Waals surface area contributed by atoms with Crippen molar-refractivity contribution in [1.82, 2.24) is 0 Å². The Hall–Kier alpha value is -1.35. The molecule has 1 aliphatic rings. The second kappa shape index (κ2) is 4.03. The highest BCUT2D eigenvalue weighted by molar-refractivity contribution is 6.01. The van der Waals surface area contributed by atoms with Gasteiger partial charge in [-0.25, -0.2) is 0 Å². The SMILES string of the molecule is CC[C@]1(CO)CC(c2ccccc2)=NO1. The third-order valence-corrected chi connectivity index (χ3v) is 2.88. The van der Waals surface area contributed by atoms with E-state index in [1.54, 1.807) is 0 Å². The second-order valence-corrected chi connectivity index (χ2v) is 3.87. The summed E-state index contributed by atoms with van der Waals surface area (Å²) in [6.07, 6.45) is 1.45. The van der Waals surface area contributed by atoms with Crippen LogP contribution in [0.25, 0.3) is 0 Å². The van der Waals surface area contributed by atoms with Crippen LogP contribution in [0.2, 0.25) is 0 Å². The average molecular weight is 205 g/mol. The molecule has 1 N–H and O–H groups in total. The van der Waals surface area contributed by atoms with Crippen LogP contribution in [-0.4, -0.2) is 23.0 Å². The van der Waals surface area contributed by atoms with Crippen LogP contribution in [0.1, 0.15) is 25.3 Å². The Morgan fingerprint density at radius 2 is 2.13 bits per heavy atom. The van der Waals surface area contributed by atoms with Gasteiger partial charge in [-0.1, -0.05) is 42.4 Å². The van der Waals surface area contributed by atoms with Gasteiger partial charge < -0.3 is 9.94 Å². The zero-order valence-electron chi connectivity index (χ0n) is 8.81. The molecule has 0 aromatic heterocycles. The number of rotatable bonds is 3. The highest BCUT2D eigenvalue weighted by Crippen LogP contribution is 2.29. The van der Waals surface area contributed by atoms with E-state index in [-0.39, 0.29) is 6.61 Å². The van der Waals surface area contributed by atoms with E-state index in [2.05, 4.69) is 5.16 Å². The van der Waals surface area contributed by atoms with Gasteiger partial charge in [-0.15, -0.1) is 0 Å². The molecule has 1 aromatic rings. The third kappa shape index (κ3) is 1.88. The summed E-state index contributed by atoms with van der Waals surface area (Å²) in [6, 6.07) is 9.93. The van der Waals surface area contributed by atoms with Gasteiger partial charge in [0.1, 0.15) is 0 Å². The molecular weight excluding hydrogens is 190 g/mol. The van der Waals surface area contributed by atoms with Crippen LogP contribution in [0.3, 0.4) is 0 Å². The van der Waals surface area contributed by atoms with Crippen molar-refractivity contribution >= 4 is 5.71 Å². The summed E-state index contributed by atoms with van der Waals surface area (Å²) >= 11 is 0. The number of hydrogen-bond donors (Lipinski definition) is 1. The highest BCUT2D eigenvalue weighted by atomic mass is 16.7. The van der Waals surface area contributed by atoms with E-state index in [4.69, 9.17) is 4.84 Å². The minimum atomic E-state index is -0.495. The first-order valence-corrected chi connectivity index (χ1v) is 5.21. The lowest BCUT2D eigenvalue weighted by molar-refractivity contribution is -0.0591. The molecule has 0 unspecified atom stereocenters. The number of aliphatic hydroxyl groups excluding tert-OH is 1. The lowest BCUT2D eigenvalue weighted by Crippen LogP contribution is -2.32. The van der Waals surface area contributed by atoms with E-state index in [1.165, 1.54) is 0 Å². The van der Waals surface area contributed by atoms with E-state index in [1.807, 2.05) is 37.3 Å². The predicted octanol–water partition coefficient (Wildman–Crippen LogP) is 1.95. The molecule has 0 aliphatic carbocycles. The maximum Gasteiger partial charge on any atom is 0.165 e. The van der Waals surface area contributed by atoms with Crippen LogP contribution in [0.4, 0.5) is 0 Å². The van der Waals surface area contributed by atoms with Gasteiger partial charge in [0.25, 0.3) is 0 Å². The lowest BCUT2D eigenvalue weighted by atomic mass is 9.93. The Bertz CT molecular complexity index is 355. The quantitative estimate of drug-likeness (QED) is 0.819. The molecule has 0 saturated carbocycles. The van der Waals surface area contributed by atoms with Crippen molar-refractivity contribution in [1.29, 1.82) is 0 Å². The van der Waals surface area contributed by atoms with Crippen LogP contribution < -0.4 is 0 Å². The molecule has 1 aromatic carbocycles. The molecule has 3 heteroatoms. The van der Waals surface area contributed by atoms with Gasteiger partial charge in [0, 0.05) is 6.42 Å². The van der Waals surface area contributed by atoms with Crippen molar-refractivity contribution in [2.45, 2.75) is 25.4 Å². The van der Waals surface area contributed by atoms with Crippen molar-refractivity contribution in [3.8, 4) is 0 Å². The van der Waals surface area contributed by atoms with Crippen molar-refractivity contribution < 1.29 is 9.94 Å². The standard InChI is InChI=1S/C12H15NO2/c1-2-12(9-14)8-11(13-15-12)10-6-4-3-5-7-10/h3-7,14H,2,8-9H2,1H3/t12-/m1/s1. The number of nitrogens with zero attached hydrogens (tertiary/aromatic N) is 1. The van der Waals surface area contributed by atoms with E-state index >= 15 is 0 Å². The van der Waals surface area contributed by atoms with Crippen molar-refractivity contribution in [2.24, 2.45) is 5.16 Å². The van der Waals surface area contributed by atoms with Gasteiger partial charge in [-0.05, 0) is 12.0 Å². The van der Waals surface area contributed by atoms with E-state index in [0.717, 1.165) is 17.7 Å². The van der Waals surface area contributed by atoms with Gasteiger partial charge in [0.15, 0.2) is 5.60 Å². The van der Waals surface area contributed by atoms with Gasteiger partial charge >= 0.3 is 0 Å². The van der Waals surface area contributed by atoms with Crippen molar-refractivity contribution in [3.63, 3.8) is 0 Å². The number of benzene rings is 1. The summed E-state index contributed by atoms with van der Waals surface area (Å²) in [5, 5.41) is 13.3. The second-order valence-electron chi connectivity index (χ2n) is 3.87. The minimum absolute atomic E-state index is 0.0172. The average Bonchev–Trinajstić information content (AvgIpc) is 2.75. The molecule has 2 rings (SSSR count).